The summed E-state index contributed by atoms with van der Waals surface area (Å²) in [5.41, 5.74) is 16.5. The normalized spacial score (nSPS) is 11.2. The number of nitrogens with two attached hydrogens (primary N) is 2. The van der Waals surface area contributed by atoms with Gasteiger partial charge in [0.2, 0.25) is 11.8 Å². The number of hydrogen-bond acceptors (Lipinski definition) is 6. The quantitative estimate of drug-likeness (QED) is 0.259. The molecule has 0 bridgehead atoms. The van der Waals surface area contributed by atoms with Gasteiger partial charge in [-0.05, 0) is 75.2 Å². The Morgan fingerprint density at radius 3 is 1.50 bits per heavy atom. The van der Waals surface area contributed by atoms with E-state index in [-0.39, 0.29) is 24.2 Å². The maximum absolute atomic E-state index is 13.5. The Kier molecular flexibility index (Phi) is 7.69. The summed E-state index contributed by atoms with van der Waals surface area (Å²) < 4.78 is 0. The Hall–Kier alpha value is -3.91. The second-order valence-corrected chi connectivity index (χ2v) is 8.87. The van der Waals surface area contributed by atoms with E-state index in [0.717, 1.165) is 33.2 Å². The van der Waals surface area contributed by atoms with Crippen molar-refractivity contribution in [2.75, 3.05) is 22.1 Å². The van der Waals surface area contributed by atoms with E-state index >= 15 is 0 Å². The highest BCUT2D eigenvalue weighted by Crippen LogP contribution is 2.32. The van der Waals surface area contributed by atoms with Gasteiger partial charge in [0.1, 0.15) is 5.41 Å². The van der Waals surface area contributed by atoms with Gasteiger partial charge in [-0.2, -0.15) is 0 Å². The van der Waals surface area contributed by atoms with Crippen LogP contribution < -0.4 is 22.1 Å². The molecule has 0 radical (unpaired) electrons. The van der Waals surface area contributed by atoms with Crippen LogP contribution in [0, 0.1) is 19.3 Å². The van der Waals surface area contributed by atoms with E-state index in [0.29, 0.717) is 35.6 Å². The van der Waals surface area contributed by atoms with Crippen molar-refractivity contribution in [2.24, 2.45) is 5.41 Å². The Morgan fingerprint density at radius 1 is 0.750 bits per heavy atom. The lowest BCUT2D eigenvalue weighted by Gasteiger charge is -2.29. The van der Waals surface area contributed by atoms with Gasteiger partial charge in [-0.25, -0.2) is 0 Å². The zero-order valence-corrected chi connectivity index (χ0v) is 21.6. The second kappa shape index (κ2) is 10.4. The Balaban J connectivity index is 0.00000361. The van der Waals surface area contributed by atoms with E-state index in [1.165, 1.54) is 0 Å². The fraction of sp³-hybridized carbons (Fsp3) is 0.259. The van der Waals surface area contributed by atoms with Crippen molar-refractivity contribution in [3.05, 3.63) is 59.9 Å². The number of benzene rings is 2. The minimum Gasteiger partial charge on any atom is -0.398 e. The first-order valence-corrected chi connectivity index (χ1v) is 11.6. The van der Waals surface area contributed by atoms with Gasteiger partial charge in [0.05, 0.1) is 11.0 Å². The molecule has 4 aromatic rings. The number of aryl methyl sites for hydroxylation is 2. The molecule has 188 valence electrons. The van der Waals surface area contributed by atoms with Crippen LogP contribution in [0.25, 0.3) is 21.8 Å². The number of rotatable bonds is 6. The molecule has 2 heterocycles. The Labute approximate surface area is 216 Å². The summed E-state index contributed by atoms with van der Waals surface area (Å²) in [7, 11) is 0. The number of aromatic nitrogens is 2. The number of nitrogens with zero attached hydrogens (tertiary/aromatic N) is 2. The molecule has 0 unspecified atom stereocenters. The molecular formula is C27H31ClN6O2. The average molecular weight is 507 g/mol. The van der Waals surface area contributed by atoms with Crippen molar-refractivity contribution in [2.45, 2.75) is 40.5 Å². The van der Waals surface area contributed by atoms with Gasteiger partial charge in [-0.1, -0.05) is 13.8 Å². The lowest BCUT2D eigenvalue weighted by Crippen LogP contribution is -2.45. The molecule has 0 aliphatic heterocycles. The summed E-state index contributed by atoms with van der Waals surface area (Å²) in [6, 6.07) is 14.3. The molecule has 0 saturated carbocycles. The van der Waals surface area contributed by atoms with Crippen molar-refractivity contribution in [3.8, 4) is 0 Å². The molecule has 0 saturated heterocycles. The number of halogens is 1. The highest BCUT2D eigenvalue weighted by Gasteiger charge is 2.42. The van der Waals surface area contributed by atoms with E-state index in [1.807, 2.05) is 39.8 Å². The summed E-state index contributed by atoms with van der Waals surface area (Å²) in [4.78, 5) is 35.9. The third-order valence-electron chi connectivity index (χ3n) is 6.53. The van der Waals surface area contributed by atoms with E-state index in [9.17, 15) is 9.59 Å². The summed E-state index contributed by atoms with van der Waals surface area (Å²) in [6.45, 7) is 7.42. The summed E-state index contributed by atoms with van der Waals surface area (Å²) >= 11 is 0. The first-order valence-electron chi connectivity index (χ1n) is 11.6. The lowest BCUT2D eigenvalue weighted by molar-refractivity contribution is -0.137. The molecule has 2 amide bonds. The van der Waals surface area contributed by atoms with E-state index in [2.05, 4.69) is 20.6 Å². The third kappa shape index (κ3) is 4.90. The number of carbonyl (C=O) groups excluding carboxylic acids is 2. The molecule has 0 atom stereocenters. The molecule has 0 aliphatic rings. The SMILES string of the molecule is CCC(CC)(C(=O)Nc1ccc2nc(C)cc(N)c2c1)C(=O)Nc1ccc2nc(C)cc(N)c2c1.Cl. The molecule has 9 heteroatoms. The molecule has 6 N–H and O–H groups in total. The summed E-state index contributed by atoms with van der Waals surface area (Å²) in [5.74, 6) is -0.758. The number of nitrogen functional groups attached to an aromatic ring is 2. The average Bonchev–Trinajstić information content (AvgIpc) is 2.81. The molecule has 0 spiro atoms. The smallest absolute Gasteiger partial charge is 0.240 e. The highest BCUT2D eigenvalue weighted by molar-refractivity contribution is 6.15. The monoisotopic (exact) mass is 506 g/mol. The van der Waals surface area contributed by atoms with Crippen molar-refractivity contribution >= 4 is 68.8 Å². The largest absolute Gasteiger partial charge is 0.398 e. The third-order valence-corrected chi connectivity index (χ3v) is 6.53. The number of nitrogens with one attached hydrogen (secondary N) is 2. The zero-order chi connectivity index (χ0) is 25.3. The van der Waals surface area contributed by atoms with Crippen LogP contribution in [0.15, 0.2) is 48.5 Å². The minimum absolute atomic E-state index is 0. The Bertz CT molecular complexity index is 1360. The number of anilines is 4. The van der Waals surface area contributed by atoms with Gasteiger partial charge in [-0.3, -0.25) is 19.6 Å². The van der Waals surface area contributed by atoms with Crippen LogP contribution in [-0.2, 0) is 9.59 Å². The number of hydrogen-bond donors (Lipinski definition) is 4. The molecule has 36 heavy (non-hydrogen) atoms. The molecule has 2 aromatic carbocycles. The van der Waals surface area contributed by atoms with Gasteiger partial charge in [0.25, 0.3) is 0 Å². The van der Waals surface area contributed by atoms with Crippen LogP contribution in [0.2, 0.25) is 0 Å². The topological polar surface area (TPSA) is 136 Å². The number of fused-ring (bicyclic) bond motifs is 2. The van der Waals surface area contributed by atoms with Crippen LogP contribution in [0.3, 0.4) is 0 Å². The molecule has 8 nitrogen and oxygen atoms in total. The number of pyridine rings is 2. The predicted octanol–water partition coefficient (Wildman–Crippen LogP) is 5.37. The van der Waals surface area contributed by atoms with Crippen LogP contribution in [0.5, 0.6) is 0 Å². The first-order chi connectivity index (χ1) is 16.7. The number of carbonyl (C=O) groups is 2. The maximum Gasteiger partial charge on any atom is 0.240 e. The van der Waals surface area contributed by atoms with Crippen LogP contribution in [-0.4, -0.2) is 21.8 Å². The van der Waals surface area contributed by atoms with Crippen molar-refractivity contribution in [1.29, 1.82) is 0 Å². The van der Waals surface area contributed by atoms with Gasteiger partial charge < -0.3 is 22.1 Å². The maximum atomic E-state index is 13.5. The molecule has 0 aliphatic carbocycles. The fourth-order valence-corrected chi connectivity index (χ4v) is 4.43. The van der Waals surface area contributed by atoms with Gasteiger partial charge >= 0.3 is 0 Å². The standard InChI is InChI=1S/C27H30N6O2.ClH/c1-5-27(6-2,25(34)32-17-7-9-23-19(13-17)21(28)11-15(3)30-23)26(35)33-18-8-10-24-20(14-18)22(29)12-16(4)31-24;/h7-14H,5-6H2,1-4H3,(H2,28,30)(H2,29,31)(H,32,34)(H,33,35);1H. The number of amides is 2. The molecular weight excluding hydrogens is 476 g/mol. The van der Waals surface area contributed by atoms with Crippen molar-refractivity contribution in [1.82, 2.24) is 9.97 Å². The van der Waals surface area contributed by atoms with Crippen molar-refractivity contribution < 1.29 is 9.59 Å². The fourth-order valence-electron chi connectivity index (χ4n) is 4.43. The molecule has 2 aromatic heterocycles. The van der Waals surface area contributed by atoms with Crippen LogP contribution >= 0.6 is 12.4 Å². The minimum atomic E-state index is -1.27. The van der Waals surface area contributed by atoms with Gasteiger partial charge in [0, 0.05) is 44.9 Å². The van der Waals surface area contributed by atoms with Crippen LogP contribution in [0.1, 0.15) is 38.1 Å². The van der Waals surface area contributed by atoms with Crippen molar-refractivity contribution in [3.63, 3.8) is 0 Å². The summed E-state index contributed by atoms with van der Waals surface area (Å²) in [6.07, 6.45) is 0.655. The van der Waals surface area contributed by atoms with Gasteiger partial charge in [0.15, 0.2) is 0 Å². The van der Waals surface area contributed by atoms with Gasteiger partial charge in [-0.15, -0.1) is 12.4 Å². The van der Waals surface area contributed by atoms with E-state index < -0.39 is 5.41 Å². The second-order valence-electron chi connectivity index (χ2n) is 8.87. The zero-order valence-electron chi connectivity index (χ0n) is 20.8. The highest BCUT2D eigenvalue weighted by atomic mass is 35.5. The Morgan fingerprint density at radius 2 is 1.14 bits per heavy atom. The van der Waals surface area contributed by atoms with Crippen LogP contribution in [0.4, 0.5) is 22.7 Å². The molecule has 0 fully saturated rings. The first kappa shape index (κ1) is 26.7. The lowest BCUT2D eigenvalue weighted by atomic mass is 9.80. The molecule has 4 rings (SSSR count). The van der Waals surface area contributed by atoms with E-state index in [4.69, 9.17) is 11.5 Å². The summed E-state index contributed by atoms with van der Waals surface area (Å²) in [5, 5.41) is 7.32. The van der Waals surface area contributed by atoms with E-state index in [1.54, 1.807) is 36.4 Å². The predicted molar refractivity (Wildman–Crippen MR) is 149 cm³/mol.